The Morgan fingerprint density at radius 1 is 1.20 bits per heavy atom. The molecule has 2 aliphatic rings. The number of benzene rings is 1. The van der Waals surface area contributed by atoms with Crippen LogP contribution in [-0.2, 0) is 29.7 Å². The van der Waals surface area contributed by atoms with Crippen LogP contribution in [0.3, 0.4) is 0 Å². The van der Waals surface area contributed by atoms with Gasteiger partial charge in [-0.2, -0.15) is 0 Å². The second-order valence-electron chi connectivity index (χ2n) is 5.58. The smallest absolute Gasteiger partial charge is 0.211 e. The van der Waals surface area contributed by atoms with Crippen molar-refractivity contribution in [3.05, 3.63) is 34.9 Å². The number of hydrogen-bond acceptors (Lipinski definition) is 3. The van der Waals surface area contributed by atoms with E-state index in [1.165, 1.54) is 24.0 Å². The fraction of sp³-hybridized carbons (Fsp3) is 0.571. The van der Waals surface area contributed by atoms with E-state index in [9.17, 15) is 8.42 Å². The number of halogens is 1. The first-order valence-corrected chi connectivity index (χ1v) is 8.56. The van der Waals surface area contributed by atoms with Gasteiger partial charge in [-0.1, -0.05) is 31.0 Å². The monoisotopic (exact) mass is 316 g/mol. The van der Waals surface area contributed by atoms with Gasteiger partial charge in [0.1, 0.15) is 0 Å². The Kier molecular flexibility index (Phi) is 5.07. The summed E-state index contributed by atoms with van der Waals surface area (Å²) in [6.45, 7) is 2.21. The van der Waals surface area contributed by atoms with E-state index in [-0.39, 0.29) is 18.2 Å². The van der Waals surface area contributed by atoms with Gasteiger partial charge in [0.05, 0.1) is 5.75 Å². The van der Waals surface area contributed by atoms with Crippen LogP contribution >= 0.6 is 12.4 Å². The molecule has 1 heterocycles. The van der Waals surface area contributed by atoms with Crippen molar-refractivity contribution in [3.63, 3.8) is 0 Å². The highest BCUT2D eigenvalue weighted by molar-refractivity contribution is 7.89. The number of rotatable bonds is 6. The lowest BCUT2D eigenvalue weighted by molar-refractivity contribution is 0.575. The van der Waals surface area contributed by atoms with Gasteiger partial charge in [-0.3, -0.25) is 0 Å². The summed E-state index contributed by atoms with van der Waals surface area (Å²) in [6, 6.07) is 6.19. The number of hydrogen-bond donors (Lipinski definition) is 2. The number of nitrogens with one attached hydrogen (secondary N) is 2. The molecule has 0 unspecified atom stereocenters. The number of fused-ring (bicyclic) bond motifs is 1. The zero-order chi connectivity index (χ0) is 13.3. The van der Waals surface area contributed by atoms with E-state index in [4.69, 9.17) is 0 Å². The third-order valence-electron chi connectivity index (χ3n) is 3.89. The van der Waals surface area contributed by atoms with Crippen LogP contribution in [0.1, 0.15) is 36.0 Å². The maximum absolute atomic E-state index is 11.8. The third-order valence-corrected chi connectivity index (χ3v) is 5.25. The second-order valence-corrected chi connectivity index (χ2v) is 7.51. The average molecular weight is 317 g/mol. The molecule has 0 spiro atoms. The Morgan fingerprint density at radius 3 is 2.70 bits per heavy atom. The van der Waals surface area contributed by atoms with E-state index in [0.717, 1.165) is 25.1 Å². The molecule has 4 nitrogen and oxygen atoms in total. The summed E-state index contributed by atoms with van der Waals surface area (Å²) in [7, 11) is -3.11. The molecule has 0 atom stereocenters. The van der Waals surface area contributed by atoms with Crippen molar-refractivity contribution in [1.29, 1.82) is 0 Å². The van der Waals surface area contributed by atoms with Crippen molar-refractivity contribution in [2.24, 2.45) is 5.92 Å². The van der Waals surface area contributed by atoms with Crippen LogP contribution < -0.4 is 10.0 Å². The predicted octanol–water partition coefficient (Wildman–Crippen LogP) is 1.93. The Morgan fingerprint density at radius 2 is 1.95 bits per heavy atom. The van der Waals surface area contributed by atoms with Crippen LogP contribution in [0.15, 0.2) is 18.2 Å². The van der Waals surface area contributed by atoms with Crippen LogP contribution in [0.2, 0.25) is 0 Å². The maximum Gasteiger partial charge on any atom is 0.211 e. The van der Waals surface area contributed by atoms with Crippen molar-refractivity contribution < 1.29 is 8.42 Å². The molecular weight excluding hydrogens is 296 g/mol. The van der Waals surface area contributed by atoms with Crippen LogP contribution in [0.25, 0.3) is 0 Å². The lowest BCUT2D eigenvalue weighted by atomic mass is 10.1. The van der Waals surface area contributed by atoms with E-state index in [2.05, 4.69) is 22.2 Å². The lowest BCUT2D eigenvalue weighted by Gasteiger charge is -2.08. The highest BCUT2D eigenvalue weighted by atomic mass is 35.5. The van der Waals surface area contributed by atoms with Crippen molar-refractivity contribution in [2.75, 3.05) is 5.75 Å². The maximum atomic E-state index is 11.8. The van der Waals surface area contributed by atoms with Gasteiger partial charge in [-0.25, -0.2) is 13.1 Å². The summed E-state index contributed by atoms with van der Waals surface area (Å²) in [6.07, 6.45) is 3.21. The molecule has 1 aliphatic heterocycles. The zero-order valence-corrected chi connectivity index (χ0v) is 13.0. The van der Waals surface area contributed by atoms with Gasteiger partial charge in [0, 0.05) is 19.6 Å². The quantitative estimate of drug-likeness (QED) is 0.843. The molecule has 0 amide bonds. The minimum atomic E-state index is -3.11. The summed E-state index contributed by atoms with van der Waals surface area (Å²) >= 11 is 0. The third kappa shape index (κ3) is 4.19. The van der Waals surface area contributed by atoms with Crippen LogP contribution in [-0.4, -0.2) is 14.2 Å². The van der Waals surface area contributed by atoms with Crippen LogP contribution in [0.4, 0.5) is 0 Å². The standard InChI is InChI=1S/C14H20N2O2S.ClH/c17-19(18,6-5-11-1-2-11)16-8-12-3-4-13-9-15-10-14(13)7-12;/h3-4,7,11,15-16H,1-2,5-6,8-10H2;1H. The highest BCUT2D eigenvalue weighted by Gasteiger charge is 2.23. The summed E-state index contributed by atoms with van der Waals surface area (Å²) < 4.78 is 26.4. The first-order valence-electron chi connectivity index (χ1n) is 6.91. The SMILES string of the molecule is Cl.O=S(=O)(CCC1CC1)NCc1ccc2c(c1)CNC2. The van der Waals surface area contributed by atoms with Crippen molar-refractivity contribution in [3.8, 4) is 0 Å². The predicted molar refractivity (Wildman–Crippen MR) is 82.2 cm³/mol. The Hall–Kier alpha value is -0.620. The van der Waals surface area contributed by atoms with Gasteiger partial charge in [0.25, 0.3) is 0 Å². The fourth-order valence-corrected chi connectivity index (χ4v) is 3.63. The molecule has 0 saturated heterocycles. The molecule has 2 N–H and O–H groups in total. The highest BCUT2D eigenvalue weighted by Crippen LogP contribution is 2.32. The fourth-order valence-electron chi connectivity index (χ4n) is 2.45. The zero-order valence-electron chi connectivity index (χ0n) is 11.4. The first kappa shape index (κ1) is 15.8. The van der Waals surface area contributed by atoms with Crippen molar-refractivity contribution in [1.82, 2.24) is 10.0 Å². The van der Waals surface area contributed by atoms with Crippen molar-refractivity contribution >= 4 is 22.4 Å². The first-order chi connectivity index (χ1) is 9.12. The lowest BCUT2D eigenvalue weighted by Crippen LogP contribution is -2.26. The van der Waals surface area contributed by atoms with E-state index < -0.39 is 10.0 Å². The average Bonchev–Trinajstić information content (AvgIpc) is 3.11. The van der Waals surface area contributed by atoms with Crippen molar-refractivity contribution in [2.45, 2.75) is 38.9 Å². The molecule has 0 bridgehead atoms. The molecule has 6 heteroatoms. The molecule has 0 aromatic heterocycles. The molecule has 1 saturated carbocycles. The molecular formula is C14H21ClN2O2S. The van der Waals surface area contributed by atoms with Gasteiger partial charge < -0.3 is 5.32 Å². The molecule has 20 heavy (non-hydrogen) atoms. The second kappa shape index (κ2) is 6.43. The summed E-state index contributed by atoms with van der Waals surface area (Å²) in [5.74, 6) is 0.923. The van der Waals surface area contributed by atoms with Crippen LogP contribution in [0, 0.1) is 5.92 Å². The van der Waals surface area contributed by atoms with Gasteiger partial charge in [-0.15, -0.1) is 12.4 Å². The molecule has 112 valence electrons. The van der Waals surface area contributed by atoms with E-state index >= 15 is 0 Å². The largest absolute Gasteiger partial charge is 0.309 e. The number of sulfonamides is 1. The summed E-state index contributed by atoms with van der Waals surface area (Å²) in [4.78, 5) is 0. The molecule has 1 aliphatic carbocycles. The molecule has 0 radical (unpaired) electrons. The molecule has 3 rings (SSSR count). The van der Waals surface area contributed by atoms with Gasteiger partial charge in [0.2, 0.25) is 10.0 Å². The van der Waals surface area contributed by atoms with Gasteiger partial charge >= 0.3 is 0 Å². The van der Waals surface area contributed by atoms with Crippen LogP contribution in [0.5, 0.6) is 0 Å². The topological polar surface area (TPSA) is 58.2 Å². The minimum absolute atomic E-state index is 0. The van der Waals surface area contributed by atoms with E-state index in [0.29, 0.717) is 12.5 Å². The molecule has 1 aromatic carbocycles. The van der Waals surface area contributed by atoms with Gasteiger partial charge in [-0.05, 0) is 29.0 Å². The Labute approximate surface area is 126 Å². The Bertz CT molecular complexity index is 571. The molecule has 1 aromatic rings. The minimum Gasteiger partial charge on any atom is -0.309 e. The summed E-state index contributed by atoms with van der Waals surface area (Å²) in [5.41, 5.74) is 3.65. The van der Waals surface area contributed by atoms with E-state index in [1.54, 1.807) is 0 Å². The normalized spacial score (nSPS) is 17.6. The van der Waals surface area contributed by atoms with Gasteiger partial charge in [0.15, 0.2) is 0 Å². The Balaban J connectivity index is 0.00000147. The summed E-state index contributed by atoms with van der Waals surface area (Å²) in [5, 5.41) is 3.29. The molecule has 1 fully saturated rings. The van der Waals surface area contributed by atoms with E-state index in [1.807, 2.05) is 6.07 Å².